The van der Waals surface area contributed by atoms with Crippen LogP contribution in [0.25, 0.3) is 0 Å². The SMILES string of the molecule is CCC(C)NCc1ccccc1SC. The number of benzene rings is 1. The molecule has 1 unspecified atom stereocenters. The van der Waals surface area contributed by atoms with Gasteiger partial charge in [-0.1, -0.05) is 25.1 Å². The molecule has 14 heavy (non-hydrogen) atoms. The van der Waals surface area contributed by atoms with Crippen LogP contribution in [0.1, 0.15) is 25.8 Å². The molecule has 2 heteroatoms. The number of hydrogen-bond donors (Lipinski definition) is 1. The molecule has 0 saturated carbocycles. The summed E-state index contributed by atoms with van der Waals surface area (Å²) in [6, 6.07) is 9.18. The van der Waals surface area contributed by atoms with Gasteiger partial charge < -0.3 is 5.32 Å². The second-order valence-electron chi connectivity index (χ2n) is 3.50. The molecule has 0 amide bonds. The van der Waals surface area contributed by atoms with Crippen LogP contribution >= 0.6 is 11.8 Å². The maximum Gasteiger partial charge on any atom is 0.0219 e. The summed E-state index contributed by atoms with van der Waals surface area (Å²) in [4.78, 5) is 1.38. The summed E-state index contributed by atoms with van der Waals surface area (Å²) in [5.41, 5.74) is 1.40. The van der Waals surface area contributed by atoms with E-state index in [2.05, 4.69) is 49.7 Å². The highest BCUT2D eigenvalue weighted by atomic mass is 32.2. The predicted molar refractivity (Wildman–Crippen MR) is 64.8 cm³/mol. The van der Waals surface area contributed by atoms with E-state index in [0.29, 0.717) is 6.04 Å². The van der Waals surface area contributed by atoms with E-state index in [1.165, 1.54) is 16.9 Å². The van der Waals surface area contributed by atoms with Crippen molar-refractivity contribution >= 4 is 11.8 Å². The second-order valence-corrected chi connectivity index (χ2v) is 4.35. The third kappa shape index (κ3) is 3.35. The molecule has 0 aliphatic carbocycles. The van der Waals surface area contributed by atoms with Gasteiger partial charge in [-0.05, 0) is 31.2 Å². The zero-order valence-corrected chi connectivity index (χ0v) is 10.0. The minimum Gasteiger partial charge on any atom is -0.310 e. The molecule has 1 rings (SSSR count). The Bertz CT molecular complexity index is 273. The van der Waals surface area contributed by atoms with E-state index in [1.807, 2.05) is 11.8 Å². The van der Waals surface area contributed by atoms with E-state index < -0.39 is 0 Å². The lowest BCUT2D eigenvalue weighted by Crippen LogP contribution is -2.24. The van der Waals surface area contributed by atoms with Gasteiger partial charge in [-0.3, -0.25) is 0 Å². The fraction of sp³-hybridized carbons (Fsp3) is 0.500. The van der Waals surface area contributed by atoms with Crippen LogP contribution in [0.15, 0.2) is 29.2 Å². The largest absolute Gasteiger partial charge is 0.310 e. The van der Waals surface area contributed by atoms with Gasteiger partial charge in [0.15, 0.2) is 0 Å². The Balaban J connectivity index is 2.57. The molecule has 1 aromatic carbocycles. The van der Waals surface area contributed by atoms with Gasteiger partial charge in [0.2, 0.25) is 0 Å². The summed E-state index contributed by atoms with van der Waals surface area (Å²) in [5.74, 6) is 0. The van der Waals surface area contributed by atoms with Crippen LogP contribution in [0, 0.1) is 0 Å². The maximum atomic E-state index is 3.51. The first-order valence-electron chi connectivity index (χ1n) is 5.13. The van der Waals surface area contributed by atoms with Gasteiger partial charge in [-0.15, -0.1) is 11.8 Å². The van der Waals surface area contributed by atoms with Crippen molar-refractivity contribution in [2.75, 3.05) is 6.26 Å². The monoisotopic (exact) mass is 209 g/mol. The van der Waals surface area contributed by atoms with Gasteiger partial charge in [0.1, 0.15) is 0 Å². The Kier molecular flexibility index (Phi) is 5.05. The van der Waals surface area contributed by atoms with Crippen LogP contribution in [-0.4, -0.2) is 12.3 Å². The van der Waals surface area contributed by atoms with Gasteiger partial charge in [-0.2, -0.15) is 0 Å². The third-order valence-electron chi connectivity index (χ3n) is 2.45. The summed E-state index contributed by atoms with van der Waals surface area (Å²) in [6.07, 6.45) is 3.31. The van der Waals surface area contributed by atoms with Crippen molar-refractivity contribution in [2.45, 2.75) is 37.8 Å². The van der Waals surface area contributed by atoms with Crippen LogP contribution in [0.5, 0.6) is 0 Å². The van der Waals surface area contributed by atoms with Crippen LogP contribution in [0.3, 0.4) is 0 Å². The molecule has 0 fully saturated rings. The third-order valence-corrected chi connectivity index (χ3v) is 3.28. The average Bonchev–Trinajstić information content (AvgIpc) is 2.26. The first kappa shape index (κ1) is 11.6. The Labute approximate surface area is 91.3 Å². The molecule has 1 N–H and O–H groups in total. The lowest BCUT2D eigenvalue weighted by atomic mass is 10.2. The lowest BCUT2D eigenvalue weighted by molar-refractivity contribution is 0.531. The number of thioether (sulfide) groups is 1. The highest BCUT2D eigenvalue weighted by Gasteiger charge is 2.01. The van der Waals surface area contributed by atoms with E-state index in [9.17, 15) is 0 Å². The Morgan fingerprint density at radius 1 is 1.36 bits per heavy atom. The van der Waals surface area contributed by atoms with Crippen molar-refractivity contribution in [1.29, 1.82) is 0 Å². The zero-order chi connectivity index (χ0) is 10.4. The highest BCUT2D eigenvalue weighted by Crippen LogP contribution is 2.19. The smallest absolute Gasteiger partial charge is 0.0219 e. The molecule has 1 nitrogen and oxygen atoms in total. The first-order chi connectivity index (χ1) is 6.77. The van der Waals surface area contributed by atoms with Crippen LogP contribution in [-0.2, 0) is 6.54 Å². The molecule has 1 atom stereocenters. The average molecular weight is 209 g/mol. The van der Waals surface area contributed by atoms with E-state index in [1.54, 1.807) is 0 Å². The van der Waals surface area contributed by atoms with E-state index >= 15 is 0 Å². The van der Waals surface area contributed by atoms with Gasteiger partial charge in [0.25, 0.3) is 0 Å². The number of hydrogen-bond acceptors (Lipinski definition) is 2. The molecule has 78 valence electrons. The molecular weight excluding hydrogens is 190 g/mol. The van der Waals surface area contributed by atoms with Crippen molar-refractivity contribution in [1.82, 2.24) is 5.32 Å². The second kappa shape index (κ2) is 6.10. The molecular formula is C12H19NS. The van der Waals surface area contributed by atoms with Crippen molar-refractivity contribution in [3.63, 3.8) is 0 Å². The Morgan fingerprint density at radius 2 is 2.07 bits per heavy atom. The summed E-state index contributed by atoms with van der Waals surface area (Å²) in [5, 5.41) is 3.51. The topological polar surface area (TPSA) is 12.0 Å². The fourth-order valence-electron chi connectivity index (χ4n) is 1.28. The molecule has 0 bridgehead atoms. The quantitative estimate of drug-likeness (QED) is 0.747. The molecule has 0 aliphatic heterocycles. The molecule has 0 radical (unpaired) electrons. The minimum atomic E-state index is 0.602. The summed E-state index contributed by atoms with van der Waals surface area (Å²) >= 11 is 1.81. The molecule has 1 aromatic rings. The van der Waals surface area contributed by atoms with Crippen molar-refractivity contribution in [3.8, 4) is 0 Å². The summed E-state index contributed by atoms with van der Waals surface area (Å²) in [7, 11) is 0. The van der Waals surface area contributed by atoms with Gasteiger partial charge in [0.05, 0.1) is 0 Å². The first-order valence-corrected chi connectivity index (χ1v) is 6.35. The van der Waals surface area contributed by atoms with E-state index in [4.69, 9.17) is 0 Å². The Morgan fingerprint density at radius 3 is 2.71 bits per heavy atom. The lowest BCUT2D eigenvalue weighted by Gasteiger charge is -2.13. The summed E-state index contributed by atoms with van der Waals surface area (Å²) < 4.78 is 0. The predicted octanol–water partition coefficient (Wildman–Crippen LogP) is 3.30. The molecule has 0 aromatic heterocycles. The normalized spacial score (nSPS) is 12.8. The van der Waals surface area contributed by atoms with E-state index in [-0.39, 0.29) is 0 Å². The van der Waals surface area contributed by atoms with Gasteiger partial charge in [0, 0.05) is 17.5 Å². The Hall–Kier alpha value is -0.470. The molecule has 0 aliphatic rings. The molecule has 0 heterocycles. The highest BCUT2D eigenvalue weighted by molar-refractivity contribution is 7.98. The van der Waals surface area contributed by atoms with Crippen molar-refractivity contribution in [3.05, 3.63) is 29.8 Å². The van der Waals surface area contributed by atoms with Crippen LogP contribution < -0.4 is 5.32 Å². The minimum absolute atomic E-state index is 0.602. The standard InChI is InChI=1S/C12H19NS/c1-4-10(2)13-9-11-7-5-6-8-12(11)14-3/h5-8,10,13H,4,9H2,1-3H3. The number of rotatable bonds is 5. The molecule has 0 spiro atoms. The van der Waals surface area contributed by atoms with Crippen molar-refractivity contribution < 1.29 is 0 Å². The van der Waals surface area contributed by atoms with E-state index in [0.717, 1.165) is 6.54 Å². The zero-order valence-electron chi connectivity index (χ0n) is 9.21. The van der Waals surface area contributed by atoms with Crippen LogP contribution in [0.4, 0.5) is 0 Å². The van der Waals surface area contributed by atoms with Gasteiger partial charge in [-0.25, -0.2) is 0 Å². The van der Waals surface area contributed by atoms with Crippen LogP contribution in [0.2, 0.25) is 0 Å². The van der Waals surface area contributed by atoms with Crippen molar-refractivity contribution in [2.24, 2.45) is 0 Å². The maximum absolute atomic E-state index is 3.51. The molecule has 0 saturated heterocycles. The number of nitrogens with one attached hydrogen (secondary N) is 1. The summed E-state index contributed by atoms with van der Waals surface area (Å²) in [6.45, 7) is 5.41. The fourth-order valence-corrected chi connectivity index (χ4v) is 1.89. The van der Waals surface area contributed by atoms with Gasteiger partial charge >= 0.3 is 0 Å².